The summed E-state index contributed by atoms with van der Waals surface area (Å²) in [6.45, 7) is 37.2. The molecule has 0 atom stereocenters. The number of aromatic nitrogens is 6. The highest BCUT2D eigenvalue weighted by Crippen LogP contribution is 2.43. The van der Waals surface area contributed by atoms with Crippen LogP contribution in [0.5, 0.6) is 17.2 Å². The van der Waals surface area contributed by atoms with Gasteiger partial charge < -0.3 is 72.2 Å². The molecule has 35 heteroatoms. The molecule has 1 aliphatic heterocycles. The topological polar surface area (TPSA) is 427 Å². The number of carbonyl (C=O) groups is 6. The van der Waals surface area contributed by atoms with E-state index in [4.69, 9.17) is 47.6 Å². The smallest absolute Gasteiger partial charge is 0.498 e. The Morgan fingerprint density at radius 3 is 1.55 bits per heavy atom. The van der Waals surface area contributed by atoms with Crippen molar-refractivity contribution in [2.45, 2.75) is 181 Å². The lowest BCUT2D eigenvalue weighted by atomic mass is 9.78. The molecular formula is C83H103BBrIN10O22. The number of para-hydroxylation sites is 3. The Kier molecular flexibility index (Phi) is 33.5. The number of hydrogen-bond donors (Lipinski definition) is 6. The van der Waals surface area contributed by atoms with Gasteiger partial charge in [0.15, 0.2) is 17.2 Å². The summed E-state index contributed by atoms with van der Waals surface area (Å²) in [7, 11) is 3.94. The van der Waals surface area contributed by atoms with Crippen LogP contribution >= 0.6 is 38.5 Å². The molecule has 32 nitrogen and oxygen atoms in total. The van der Waals surface area contributed by atoms with Gasteiger partial charge in [0.2, 0.25) is 5.75 Å². The maximum atomic E-state index is 13.3. The number of nitrogens with zero attached hydrogens (tertiary/aromatic N) is 6. The molecule has 6 N–H and O–H groups in total. The number of nitro groups is 2. The SMILES string of the molecule is CCOC(=O)c1c(C)[nH]c(C(=O)O)c1C.CCOC(=O)c1c(C)[nH]c(C(=O)OC(C)(C)C)c1C.CCOC(=O)c1c(C)[nH]c(I)c1C.CCOC(=O)c1c(C)c(-c2cccc(N=Nc3c(C)[nH]n(-c4ccc5c(c4)CCCC5)c3=O)c2O)n(C)c1C.COc1c(B2OC(C)(C)C(C)(C)O2)cccc1[N+](=O)[O-].COc1c(Br)cccc1[N+](=O)[O-]. The van der Waals surface area contributed by atoms with Gasteiger partial charge in [-0.1, -0.05) is 30.3 Å². The highest BCUT2D eigenvalue weighted by atomic mass is 127. The van der Waals surface area contributed by atoms with Crippen molar-refractivity contribution in [3.05, 3.63) is 207 Å². The maximum absolute atomic E-state index is 13.3. The Hall–Kier alpha value is -11.2. The van der Waals surface area contributed by atoms with E-state index < -0.39 is 63.6 Å². The minimum atomic E-state index is -1.08. The van der Waals surface area contributed by atoms with Gasteiger partial charge in [0.1, 0.15) is 22.7 Å². The van der Waals surface area contributed by atoms with Crippen molar-refractivity contribution < 1.29 is 91.3 Å². The number of methoxy groups -OCH3 is 2. The van der Waals surface area contributed by atoms with E-state index >= 15 is 0 Å². The number of phenols is 1. The third kappa shape index (κ3) is 22.6. The van der Waals surface area contributed by atoms with Crippen molar-refractivity contribution in [2.24, 2.45) is 17.3 Å². The highest BCUT2D eigenvalue weighted by molar-refractivity contribution is 14.1. The van der Waals surface area contributed by atoms with Crippen molar-refractivity contribution in [1.82, 2.24) is 29.3 Å². The second-order valence-corrected chi connectivity index (χ2v) is 31.0. The number of aromatic carboxylic acids is 1. The van der Waals surface area contributed by atoms with Crippen LogP contribution in [0.2, 0.25) is 0 Å². The molecule has 0 unspecified atom stereocenters. The number of halogens is 2. The molecule has 118 heavy (non-hydrogen) atoms. The van der Waals surface area contributed by atoms with E-state index in [9.17, 15) is 58.9 Å². The highest BCUT2D eigenvalue weighted by Gasteiger charge is 2.53. The van der Waals surface area contributed by atoms with Crippen molar-refractivity contribution in [1.29, 1.82) is 0 Å². The number of phenolic OH excluding ortho intramolecular Hbond substituents is 1. The van der Waals surface area contributed by atoms with E-state index in [0.717, 1.165) is 45.6 Å². The average Bonchev–Trinajstić information content (AvgIpc) is 1.62. The Balaban J connectivity index is 0.000000234. The molecule has 1 aliphatic carbocycles. The first kappa shape index (κ1) is 95.7. The van der Waals surface area contributed by atoms with Crippen LogP contribution < -0.4 is 20.5 Å². The fourth-order valence-electron chi connectivity index (χ4n) is 12.9. The fourth-order valence-corrected chi connectivity index (χ4v) is 14.1. The number of nitrogens with one attached hydrogen (secondary N) is 4. The third-order valence-corrected chi connectivity index (χ3v) is 21.1. The standard InChI is InChI=1S/C30H33N5O4.C14H21NO4.C13H18BNO5.C10H13NO4.C9H12INO2.C7H6BrNO3/c1-6-39-30(38)25-17(2)27(34(5)19(25)4)23-12-9-13-24(28(23)36)31-32-26-18(3)33-35(29(26)37)22-15-14-20-10-7-8-11-21(20)16-22;1-7-18-12(16)10-8(2)11(15-9(10)3)13(17)19-14(4,5)6;1-12(2)13(3,4)20-14(19-12)9-7-6-8-10(15(16)17)11(9)18-5;1-4-15-10(14)7-5(2)8(9(12)13)11-6(7)3;1-4-13-9(12)7-5(2)8(10)11-6(7)3;1-12-7-5(8)3-2-4-6(7)9(10)11/h9,12-16,33,36H,6-8,10-11H2,1-5H3;15H,7H2,1-6H3;6-8H,1-5H3;11H,4H2,1-3H3,(H,12,13);11H,4H2,1-3H3;2-4H,1H3. The minimum absolute atomic E-state index is 0.0353. The number of fused-ring (bicyclic) bond motifs is 1. The van der Waals surface area contributed by atoms with Crippen molar-refractivity contribution in [3.63, 3.8) is 0 Å². The summed E-state index contributed by atoms with van der Waals surface area (Å²) in [4.78, 5) is 113. The van der Waals surface area contributed by atoms with Gasteiger partial charge in [-0.25, -0.2) is 33.4 Å². The number of aryl methyl sites for hydroxylation is 6. The van der Waals surface area contributed by atoms with E-state index in [1.807, 2.05) is 73.1 Å². The lowest BCUT2D eigenvalue weighted by molar-refractivity contribution is -0.385. The molecule has 634 valence electrons. The van der Waals surface area contributed by atoms with Crippen LogP contribution in [0.3, 0.4) is 0 Å². The first-order valence-electron chi connectivity index (χ1n) is 37.7. The van der Waals surface area contributed by atoms with Gasteiger partial charge in [-0.2, -0.15) is 0 Å². The van der Waals surface area contributed by atoms with Crippen LogP contribution in [0.1, 0.15) is 213 Å². The number of rotatable bonds is 19. The van der Waals surface area contributed by atoms with E-state index in [0.29, 0.717) is 96.1 Å². The summed E-state index contributed by atoms with van der Waals surface area (Å²) in [5.41, 5.74) is 11.6. The number of hydrogen-bond acceptors (Lipinski definition) is 23. The number of ether oxygens (including phenoxy) is 7. The zero-order chi connectivity index (χ0) is 88.5. The van der Waals surface area contributed by atoms with Gasteiger partial charge in [-0.3, -0.25) is 30.1 Å². The number of aromatic amines is 4. The zero-order valence-corrected chi connectivity index (χ0v) is 74.4. The van der Waals surface area contributed by atoms with Crippen LogP contribution in [0.25, 0.3) is 16.9 Å². The number of esters is 5. The summed E-state index contributed by atoms with van der Waals surface area (Å²) < 4.78 is 52.0. The summed E-state index contributed by atoms with van der Waals surface area (Å²) >= 11 is 5.32. The quantitative estimate of drug-likeness (QED) is 0.00833. The van der Waals surface area contributed by atoms with Crippen LogP contribution in [-0.2, 0) is 52.9 Å². The lowest BCUT2D eigenvalue weighted by Crippen LogP contribution is -2.41. The maximum Gasteiger partial charge on any atom is 0.498 e. The molecule has 0 bridgehead atoms. The molecule has 0 spiro atoms. The van der Waals surface area contributed by atoms with Gasteiger partial charge in [-0.15, -0.1) is 10.2 Å². The first-order chi connectivity index (χ1) is 55.3. The molecular weight excluding hydrogens is 1710 g/mol. The molecule has 1 fully saturated rings. The van der Waals surface area contributed by atoms with E-state index in [-0.39, 0.29) is 70.4 Å². The third-order valence-electron chi connectivity index (χ3n) is 19.4. The Labute approximate surface area is 706 Å². The monoisotopic (exact) mass is 1810 g/mol. The molecule has 5 aromatic heterocycles. The Morgan fingerprint density at radius 1 is 0.619 bits per heavy atom. The van der Waals surface area contributed by atoms with Gasteiger partial charge in [-0.05, 0) is 266 Å². The van der Waals surface area contributed by atoms with E-state index in [1.165, 1.54) is 48.6 Å². The molecule has 2 aliphatic rings. The van der Waals surface area contributed by atoms with Gasteiger partial charge in [0, 0.05) is 53.0 Å². The summed E-state index contributed by atoms with van der Waals surface area (Å²) in [6, 6.07) is 20.6. The molecule has 6 heterocycles. The predicted octanol–water partition coefficient (Wildman–Crippen LogP) is 17.2. The van der Waals surface area contributed by atoms with Crippen LogP contribution in [0.4, 0.5) is 22.7 Å². The molecule has 4 aromatic carbocycles. The normalized spacial score (nSPS) is 12.9. The number of benzene rings is 4. The second kappa shape index (κ2) is 41.3. The van der Waals surface area contributed by atoms with Gasteiger partial charge >= 0.3 is 54.3 Å². The van der Waals surface area contributed by atoms with Gasteiger partial charge in [0.05, 0.1) is 109 Å². The second-order valence-electron chi connectivity index (χ2n) is 29.0. The Bertz CT molecular complexity index is 5290. The molecule has 11 rings (SSSR count). The number of aromatic hydroxyl groups is 1. The van der Waals surface area contributed by atoms with Crippen molar-refractivity contribution in [3.8, 4) is 34.2 Å². The number of carboxylic acids is 1. The van der Waals surface area contributed by atoms with Crippen LogP contribution in [-0.4, -0.2) is 150 Å². The summed E-state index contributed by atoms with van der Waals surface area (Å²) in [5, 5.41) is 53.1. The van der Waals surface area contributed by atoms with E-state index in [1.54, 1.807) is 126 Å². The number of H-pyrrole nitrogens is 4. The van der Waals surface area contributed by atoms with Crippen molar-refractivity contribution >= 4 is 110 Å². The summed E-state index contributed by atoms with van der Waals surface area (Å²) in [5.74, 6) is -2.77. The largest absolute Gasteiger partial charge is 0.505 e. The van der Waals surface area contributed by atoms with Crippen LogP contribution in [0, 0.1) is 86.2 Å². The van der Waals surface area contributed by atoms with E-state index in [2.05, 4.69) is 80.9 Å². The fraction of sp³-hybridized carbons (Fsp3) is 0.410. The van der Waals surface area contributed by atoms with Crippen molar-refractivity contribution in [2.75, 3.05) is 40.6 Å². The molecule has 0 amide bonds. The molecule has 0 saturated carbocycles. The molecule has 9 aromatic rings. The predicted molar refractivity (Wildman–Crippen MR) is 456 cm³/mol. The van der Waals surface area contributed by atoms with Crippen LogP contribution in [0.15, 0.2) is 92.3 Å². The average molecular weight is 1810 g/mol. The number of nitro benzene ring substituents is 2. The Morgan fingerprint density at radius 2 is 1.08 bits per heavy atom. The van der Waals surface area contributed by atoms with Gasteiger partial charge in [0.25, 0.3) is 5.56 Å². The number of carbonyl (C=O) groups excluding carboxylic acids is 5. The zero-order valence-electron chi connectivity index (χ0n) is 70.7. The molecule has 1 saturated heterocycles. The number of azo groups is 1. The minimum Gasteiger partial charge on any atom is -0.505 e. The lowest BCUT2D eigenvalue weighted by Gasteiger charge is -2.32. The summed E-state index contributed by atoms with van der Waals surface area (Å²) in [6.07, 6.45) is 4.44. The number of carboxylic acid groups (broad SMARTS) is 1. The first-order valence-corrected chi connectivity index (χ1v) is 39.5. The molecule has 0 radical (unpaired) electrons.